The first-order valence-electron chi connectivity index (χ1n) is 5.92. The van der Waals surface area contributed by atoms with Gasteiger partial charge in [-0.25, -0.2) is 9.59 Å². The first-order chi connectivity index (χ1) is 8.91. The summed E-state index contributed by atoms with van der Waals surface area (Å²) in [5, 5.41) is 20.7. The number of hydrogen-bond donors (Lipinski definition) is 3. The van der Waals surface area contributed by atoms with Crippen molar-refractivity contribution in [3.63, 3.8) is 0 Å². The Balaban J connectivity index is 2.47. The summed E-state index contributed by atoms with van der Waals surface area (Å²) in [4.78, 5) is 22.5. The SMILES string of the molecule is CC(NCCN(C)C(=O)O)c1ccc(C(=O)O)cc1. The molecule has 0 aliphatic heterocycles. The lowest BCUT2D eigenvalue weighted by Crippen LogP contribution is -2.33. The van der Waals surface area contributed by atoms with Crippen LogP contribution >= 0.6 is 0 Å². The zero-order valence-electron chi connectivity index (χ0n) is 11.0. The molecule has 104 valence electrons. The number of hydrogen-bond acceptors (Lipinski definition) is 3. The van der Waals surface area contributed by atoms with Crippen LogP contribution in [0.1, 0.15) is 28.9 Å². The first-order valence-corrected chi connectivity index (χ1v) is 5.92. The van der Waals surface area contributed by atoms with E-state index in [1.807, 2.05) is 6.92 Å². The Morgan fingerprint density at radius 1 is 1.26 bits per heavy atom. The summed E-state index contributed by atoms with van der Waals surface area (Å²) >= 11 is 0. The molecular weight excluding hydrogens is 248 g/mol. The Morgan fingerprint density at radius 2 is 1.84 bits per heavy atom. The van der Waals surface area contributed by atoms with Gasteiger partial charge in [-0.1, -0.05) is 12.1 Å². The molecule has 0 aliphatic rings. The van der Waals surface area contributed by atoms with Crippen LogP contribution in [0.4, 0.5) is 4.79 Å². The molecule has 0 saturated carbocycles. The van der Waals surface area contributed by atoms with E-state index in [0.717, 1.165) is 5.56 Å². The fourth-order valence-electron chi connectivity index (χ4n) is 1.58. The number of carboxylic acid groups (broad SMARTS) is 2. The van der Waals surface area contributed by atoms with Crippen molar-refractivity contribution >= 4 is 12.1 Å². The maximum absolute atomic E-state index is 10.7. The van der Waals surface area contributed by atoms with Gasteiger partial charge < -0.3 is 20.4 Å². The number of aromatic carboxylic acids is 1. The number of likely N-dealkylation sites (N-methyl/N-ethyl adjacent to an activating group) is 1. The topological polar surface area (TPSA) is 89.9 Å². The van der Waals surface area contributed by atoms with Gasteiger partial charge in [-0.3, -0.25) is 0 Å². The van der Waals surface area contributed by atoms with Gasteiger partial charge in [0.15, 0.2) is 0 Å². The standard InChI is InChI=1S/C13H18N2O4/c1-9(14-7-8-15(2)13(18)19)10-3-5-11(6-4-10)12(16)17/h3-6,9,14H,7-8H2,1-2H3,(H,16,17)(H,18,19). The van der Waals surface area contributed by atoms with Crippen LogP contribution in [0.15, 0.2) is 24.3 Å². The van der Waals surface area contributed by atoms with Crippen LogP contribution in [0.3, 0.4) is 0 Å². The van der Waals surface area contributed by atoms with E-state index in [1.54, 1.807) is 24.3 Å². The van der Waals surface area contributed by atoms with Crippen LogP contribution in [0.25, 0.3) is 0 Å². The van der Waals surface area contributed by atoms with E-state index in [4.69, 9.17) is 10.2 Å². The maximum atomic E-state index is 10.7. The average molecular weight is 266 g/mol. The molecule has 1 atom stereocenters. The highest BCUT2D eigenvalue weighted by Gasteiger charge is 2.08. The molecule has 0 aliphatic carbocycles. The van der Waals surface area contributed by atoms with E-state index < -0.39 is 12.1 Å². The molecule has 0 saturated heterocycles. The highest BCUT2D eigenvalue weighted by molar-refractivity contribution is 5.87. The number of carboxylic acids is 1. The van der Waals surface area contributed by atoms with Crippen molar-refractivity contribution in [2.45, 2.75) is 13.0 Å². The fraction of sp³-hybridized carbons (Fsp3) is 0.385. The van der Waals surface area contributed by atoms with Gasteiger partial charge in [0.2, 0.25) is 0 Å². The van der Waals surface area contributed by atoms with Crippen molar-refractivity contribution in [1.29, 1.82) is 0 Å². The molecule has 0 fully saturated rings. The van der Waals surface area contributed by atoms with Gasteiger partial charge >= 0.3 is 12.1 Å². The molecule has 1 amide bonds. The number of carbonyl (C=O) groups is 2. The first kappa shape index (κ1) is 15.0. The third kappa shape index (κ3) is 4.59. The van der Waals surface area contributed by atoms with Crippen molar-refractivity contribution in [3.8, 4) is 0 Å². The quantitative estimate of drug-likeness (QED) is 0.728. The van der Waals surface area contributed by atoms with Gasteiger partial charge in [0, 0.05) is 26.2 Å². The van der Waals surface area contributed by atoms with Crippen molar-refractivity contribution in [1.82, 2.24) is 10.2 Å². The fourth-order valence-corrected chi connectivity index (χ4v) is 1.58. The summed E-state index contributed by atoms with van der Waals surface area (Å²) in [6.07, 6.45) is -0.958. The minimum Gasteiger partial charge on any atom is -0.478 e. The van der Waals surface area contributed by atoms with Crippen molar-refractivity contribution in [2.24, 2.45) is 0 Å². The van der Waals surface area contributed by atoms with Gasteiger partial charge in [-0.15, -0.1) is 0 Å². The zero-order chi connectivity index (χ0) is 14.4. The second-order valence-corrected chi connectivity index (χ2v) is 4.31. The van der Waals surface area contributed by atoms with Crippen molar-refractivity contribution in [3.05, 3.63) is 35.4 Å². The second kappa shape index (κ2) is 6.75. The molecule has 19 heavy (non-hydrogen) atoms. The Hall–Kier alpha value is -2.08. The number of benzene rings is 1. The molecule has 3 N–H and O–H groups in total. The lowest BCUT2D eigenvalue weighted by atomic mass is 10.1. The highest BCUT2D eigenvalue weighted by Crippen LogP contribution is 2.13. The van der Waals surface area contributed by atoms with Crippen LogP contribution in [0.5, 0.6) is 0 Å². The smallest absolute Gasteiger partial charge is 0.407 e. The molecule has 0 bridgehead atoms. The van der Waals surface area contributed by atoms with Gasteiger partial charge in [-0.05, 0) is 24.6 Å². The summed E-state index contributed by atoms with van der Waals surface area (Å²) < 4.78 is 0. The molecule has 1 aromatic carbocycles. The van der Waals surface area contributed by atoms with E-state index >= 15 is 0 Å². The molecule has 1 aromatic rings. The van der Waals surface area contributed by atoms with E-state index in [9.17, 15) is 9.59 Å². The normalized spacial score (nSPS) is 11.9. The lowest BCUT2D eigenvalue weighted by Gasteiger charge is -2.17. The maximum Gasteiger partial charge on any atom is 0.407 e. The van der Waals surface area contributed by atoms with Crippen LogP contribution in [-0.4, -0.2) is 47.3 Å². The molecule has 0 spiro atoms. The van der Waals surface area contributed by atoms with Crippen LogP contribution in [0, 0.1) is 0 Å². The molecule has 0 heterocycles. The van der Waals surface area contributed by atoms with Gasteiger partial charge in [-0.2, -0.15) is 0 Å². The molecule has 0 aromatic heterocycles. The zero-order valence-corrected chi connectivity index (χ0v) is 11.0. The highest BCUT2D eigenvalue weighted by atomic mass is 16.4. The largest absolute Gasteiger partial charge is 0.478 e. The van der Waals surface area contributed by atoms with Gasteiger partial charge in [0.05, 0.1) is 5.56 Å². The number of nitrogens with zero attached hydrogens (tertiary/aromatic N) is 1. The average Bonchev–Trinajstić information content (AvgIpc) is 2.38. The minimum absolute atomic E-state index is 0.0324. The Morgan fingerprint density at radius 3 is 2.32 bits per heavy atom. The molecule has 1 rings (SSSR count). The summed E-state index contributed by atoms with van der Waals surface area (Å²) in [6.45, 7) is 2.87. The van der Waals surface area contributed by atoms with E-state index in [0.29, 0.717) is 13.1 Å². The molecular formula is C13H18N2O4. The third-order valence-electron chi connectivity index (χ3n) is 2.88. The van der Waals surface area contributed by atoms with Gasteiger partial charge in [0.25, 0.3) is 0 Å². The summed E-state index contributed by atoms with van der Waals surface area (Å²) in [5.41, 5.74) is 1.21. The van der Waals surface area contributed by atoms with Crippen molar-refractivity contribution in [2.75, 3.05) is 20.1 Å². The van der Waals surface area contributed by atoms with E-state index in [1.165, 1.54) is 11.9 Å². The molecule has 0 radical (unpaired) electrons. The van der Waals surface area contributed by atoms with Crippen LogP contribution in [-0.2, 0) is 0 Å². The van der Waals surface area contributed by atoms with Gasteiger partial charge in [0.1, 0.15) is 0 Å². The van der Waals surface area contributed by atoms with Crippen LogP contribution in [0.2, 0.25) is 0 Å². The Bertz CT molecular complexity index is 444. The Labute approximate surface area is 111 Å². The number of nitrogens with one attached hydrogen (secondary N) is 1. The second-order valence-electron chi connectivity index (χ2n) is 4.31. The lowest BCUT2D eigenvalue weighted by molar-refractivity contribution is 0.0696. The summed E-state index contributed by atoms with van der Waals surface area (Å²) in [5.74, 6) is -0.949. The number of rotatable bonds is 6. The monoisotopic (exact) mass is 266 g/mol. The van der Waals surface area contributed by atoms with E-state index in [-0.39, 0.29) is 11.6 Å². The minimum atomic E-state index is -0.958. The van der Waals surface area contributed by atoms with Crippen LogP contribution < -0.4 is 5.32 Å². The molecule has 1 unspecified atom stereocenters. The van der Waals surface area contributed by atoms with Crippen molar-refractivity contribution < 1.29 is 19.8 Å². The Kier molecular flexibility index (Phi) is 5.32. The summed E-state index contributed by atoms with van der Waals surface area (Å²) in [6, 6.07) is 6.65. The summed E-state index contributed by atoms with van der Waals surface area (Å²) in [7, 11) is 1.51. The predicted octanol–water partition coefficient (Wildman–Crippen LogP) is 1.65. The molecule has 6 nitrogen and oxygen atoms in total. The number of amides is 1. The molecule has 6 heteroatoms. The third-order valence-corrected chi connectivity index (χ3v) is 2.88. The van der Waals surface area contributed by atoms with E-state index in [2.05, 4.69) is 5.32 Å². The predicted molar refractivity (Wildman–Crippen MR) is 70.5 cm³/mol.